The fraction of sp³-hybridized carbons (Fsp3) is 0.0476. The Morgan fingerprint density at radius 3 is 2.63 bits per heavy atom. The van der Waals surface area contributed by atoms with E-state index in [1.54, 1.807) is 27.8 Å². The van der Waals surface area contributed by atoms with Crippen molar-refractivity contribution in [2.75, 3.05) is 11.6 Å². The van der Waals surface area contributed by atoms with E-state index in [0.717, 1.165) is 26.8 Å². The molecule has 0 aliphatic carbocycles. The predicted octanol–water partition coefficient (Wildman–Crippen LogP) is 5.58. The highest BCUT2D eigenvalue weighted by atomic mass is 32.2. The molecule has 1 N–H and O–H groups in total. The van der Waals surface area contributed by atoms with Gasteiger partial charge in [-0.2, -0.15) is 5.10 Å². The minimum absolute atomic E-state index is 0.188. The Balaban J connectivity index is 1.72. The molecule has 6 heteroatoms. The van der Waals surface area contributed by atoms with Gasteiger partial charge in [0.2, 0.25) is 0 Å². The number of nitrogens with one attached hydrogen (secondary N) is 1. The lowest BCUT2D eigenvalue weighted by Gasteiger charge is -2.09. The van der Waals surface area contributed by atoms with E-state index < -0.39 is 0 Å². The van der Waals surface area contributed by atoms with Gasteiger partial charge in [-0.1, -0.05) is 30.3 Å². The monoisotopic (exact) mass is 391 g/mol. The molecule has 27 heavy (non-hydrogen) atoms. The van der Waals surface area contributed by atoms with Crippen molar-refractivity contribution in [3.05, 3.63) is 83.9 Å². The third kappa shape index (κ3) is 3.82. The van der Waals surface area contributed by atoms with Crippen molar-refractivity contribution >= 4 is 34.7 Å². The standard InChI is InChI=1S/C21H17N3OS2/c1-26-17-10-5-7-15(13-17)22-21(25)19-14-18(20-11-6-12-27-20)23-24(19)16-8-3-2-4-9-16/h2-14H,1H3,(H,22,25). The Hall–Kier alpha value is -2.83. The van der Waals surface area contributed by atoms with Gasteiger partial charge < -0.3 is 5.32 Å². The summed E-state index contributed by atoms with van der Waals surface area (Å²) in [5.74, 6) is -0.188. The fourth-order valence-electron chi connectivity index (χ4n) is 2.75. The lowest BCUT2D eigenvalue weighted by molar-refractivity contribution is 0.101. The smallest absolute Gasteiger partial charge is 0.274 e. The number of rotatable bonds is 5. The summed E-state index contributed by atoms with van der Waals surface area (Å²) in [6, 6.07) is 23.3. The number of thioether (sulfide) groups is 1. The molecule has 2 aromatic heterocycles. The van der Waals surface area contributed by atoms with Crippen LogP contribution in [0, 0.1) is 0 Å². The summed E-state index contributed by atoms with van der Waals surface area (Å²) in [5.41, 5.74) is 2.91. The second kappa shape index (κ2) is 7.82. The van der Waals surface area contributed by atoms with Gasteiger partial charge in [-0.3, -0.25) is 4.79 Å². The van der Waals surface area contributed by atoms with Gasteiger partial charge in [0, 0.05) is 10.6 Å². The number of anilines is 1. The van der Waals surface area contributed by atoms with Gasteiger partial charge in [0.1, 0.15) is 11.4 Å². The third-order valence-corrected chi connectivity index (χ3v) is 5.66. The molecule has 0 unspecified atom stereocenters. The number of nitrogens with zero attached hydrogens (tertiary/aromatic N) is 2. The Labute approximate surface area is 165 Å². The largest absolute Gasteiger partial charge is 0.321 e. The molecule has 1 amide bonds. The Morgan fingerprint density at radius 2 is 1.89 bits per heavy atom. The topological polar surface area (TPSA) is 46.9 Å². The van der Waals surface area contributed by atoms with E-state index in [2.05, 4.69) is 10.4 Å². The maximum atomic E-state index is 13.0. The summed E-state index contributed by atoms with van der Waals surface area (Å²) in [6.45, 7) is 0. The fourth-order valence-corrected chi connectivity index (χ4v) is 3.89. The van der Waals surface area contributed by atoms with Gasteiger partial charge in [0.25, 0.3) is 5.91 Å². The highest BCUT2D eigenvalue weighted by molar-refractivity contribution is 7.98. The van der Waals surface area contributed by atoms with E-state index >= 15 is 0 Å². The molecule has 0 spiro atoms. The first kappa shape index (κ1) is 17.6. The van der Waals surface area contributed by atoms with Crippen molar-refractivity contribution in [3.63, 3.8) is 0 Å². The molecule has 0 bridgehead atoms. The molecule has 0 aliphatic rings. The van der Waals surface area contributed by atoms with E-state index in [1.807, 2.05) is 84.4 Å². The first-order valence-corrected chi connectivity index (χ1v) is 10.5. The number of hydrogen-bond acceptors (Lipinski definition) is 4. The second-order valence-electron chi connectivity index (χ2n) is 5.83. The zero-order valence-corrected chi connectivity index (χ0v) is 16.3. The zero-order valence-electron chi connectivity index (χ0n) is 14.6. The van der Waals surface area contributed by atoms with Gasteiger partial charge in [0.15, 0.2) is 0 Å². The van der Waals surface area contributed by atoms with Gasteiger partial charge in [-0.25, -0.2) is 4.68 Å². The predicted molar refractivity (Wildman–Crippen MR) is 113 cm³/mol. The number of carbonyl (C=O) groups excluding carboxylic acids is 1. The van der Waals surface area contributed by atoms with Crippen LogP contribution in [0.3, 0.4) is 0 Å². The molecular weight excluding hydrogens is 374 g/mol. The second-order valence-corrected chi connectivity index (χ2v) is 7.65. The van der Waals surface area contributed by atoms with Gasteiger partial charge in [0.05, 0.1) is 10.6 Å². The minimum Gasteiger partial charge on any atom is -0.321 e. The van der Waals surface area contributed by atoms with E-state index in [-0.39, 0.29) is 5.91 Å². The Bertz CT molecular complexity index is 1060. The van der Waals surface area contributed by atoms with Crippen LogP contribution in [0.4, 0.5) is 5.69 Å². The van der Waals surface area contributed by atoms with Crippen LogP contribution in [-0.2, 0) is 0 Å². The first-order valence-electron chi connectivity index (χ1n) is 8.39. The molecule has 4 rings (SSSR count). The number of carbonyl (C=O) groups is 1. The number of hydrogen-bond donors (Lipinski definition) is 1. The number of para-hydroxylation sites is 1. The SMILES string of the molecule is CSc1cccc(NC(=O)c2cc(-c3cccs3)nn2-c2ccccc2)c1. The highest BCUT2D eigenvalue weighted by Crippen LogP contribution is 2.26. The molecule has 2 aromatic carbocycles. The van der Waals surface area contributed by atoms with E-state index in [9.17, 15) is 4.79 Å². The molecule has 0 atom stereocenters. The summed E-state index contributed by atoms with van der Waals surface area (Å²) in [4.78, 5) is 15.1. The van der Waals surface area contributed by atoms with E-state index in [0.29, 0.717) is 5.69 Å². The van der Waals surface area contributed by atoms with Crippen LogP contribution in [0.25, 0.3) is 16.3 Å². The molecule has 4 aromatic rings. The number of thiophene rings is 1. The zero-order chi connectivity index (χ0) is 18.6. The molecule has 0 radical (unpaired) electrons. The quantitative estimate of drug-likeness (QED) is 0.452. The molecule has 2 heterocycles. The van der Waals surface area contributed by atoms with Crippen molar-refractivity contribution in [2.45, 2.75) is 4.90 Å². The van der Waals surface area contributed by atoms with Gasteiger partial charge in [-0.15, -0.1) is 23.1 Å². The van der Waals surface area contributed by atoms with Crippen molar-refractivity contribution in [1.29, 1.82) is 0 Å². The summed E-state index contributed by atoms with van der Waals surface area (Å²) in [6.07, 6.45) is 2.01. The van der Waals surface area contributed by atoms with Gasteiger partial charge >= 0.3 is 0 Å². The Kier molecular flexibility index (Phi) is 5.09. The number of aromatic nitrogens is 2. The van der Waals surface area contributed by atoms with Gasteiger partial charge in [-0.05, 0) is 54.1 Å². The van der Waals surface area contributed by atoms with Crippen LogP contribution in [0.2, 0.25) is 0 Å². The minimum atomic E-state index is -0.188. The third-order valence-electron chi connectivity index (χ3n) is 4.04. The number of benzene rings is 2. The van der Waals surface area contributed by atoms with E-state index in [4.69, 9.17) is 0 Å². The maximum absolute atomic E-state index is 13.0. The normalized spacial score (nSPS) is 10.7. The van der Waals surface area contributed by atoms with Crippen LogP contribution in [0.1, 0.15) is 10.5 Å². The van der Waals surface area contributed by atoms with Crippen LogP contribution < -0.4 is 5.32 Å². The Morgan fingerprint density at radius 1 is 1.04 bits per heavy atom. The lowest BCUT2D eigenvalue weighted by atomic mass is 10.2. The molecule has 4 nitrogen and oxygen atoms in total. The summed E-state index contributed by atoms with van der Waals surface area (Å²) >= 11 is 3.24. The molecule has 0 aliphatic heterocycles. The average molecular weight is 392 g/mol. The van der Waals surface area contributed by atoms with Crippen LogP contribution >= 0.6 is 23.1 Å². The van der Waals surface area contributed by atoms with Crippen molar-refractivity contribution < 1.29 is 4.79 Å². The lowest BCUT2D eigenvalue weighted by Crippen LogP contribution is -2.16. The molecule has 0 fully saturated rings. The summed E-state index contributed by atoms with van der Waals surface area (Å²) in [5, 5.41) is 9.68. The van der Waals surface area contributed by atoms with Crippen LogP contribution in [0.5, 0.6) is 0 Å². The van der Waals surface area contributed by atoms with Crippen LogP contribution in [0.15, 0.2) is 83.1 Å². The average Bonchev–Trinajstić information content (AvgIpc) is 3.38. The maximum Gasteiger partial charge on any atom is 0.274 e. The molecule has 0 saturated carbocycles. The molecular formula is C21H17N3OS2. The van der Waals surface area contributed by atoms with Crippen molar-refractivity contribution in [3.8, 4) is 16.3 Å². The van der Waals surface area contributed by atoms with E-state index in [1.165, 1.54) is 0 Å². The first-order chi connectivity index (χ1) is 13.2. The van der Waals surface area contributed by atoms with Crippen molar-refractivity contribution in [2.24, 2.45) is 0 Å². The summed E-state index contributed by atoms with van der Waals surface area (Å²) < 4.78 is 1.70. The molecule has 134 valence electrons. The highest BCUT2D eigenvalue weighted by Gasteiger charge is 2.18. The number of amides is 1. The summed E-state index contributed by atoms with van der Waals surface area (Å²) in [7, 11) is 0. The van der Waals surface area contributed by atoms with Crippen molar-refractivity contribution in [1.82, 2.24) is 9.78 Å². The van der Waals surface area contributed by atoms with Crippen LogP contribution in [-0.4, -0.2) is 21.9 Å². The molecule has 0 saturated heterocycles.